The molecule has 4 heteroatoms. The summed E-state index contributed by atoms with van der Waals surface area (Å²) >= 11 is 0. The molecule has 0 spiro atoms. The van der Waals surface area contributed by atoms with Crippen LogP contribution in [0, 0.1) is 5.92 Å². The van der Waals surface area contributed by atoms with Gasteiger partial charge in [0.05, 0.1) is 5.56 Å². The molecule has 0 aliphatic carbocycles. The minimum atomic E-state index is -0.491. The largest absolute Gasteiger partial charge is 0.398 e. The zero-order valence-corrected chi connectivity index (χ0v) is 10.9. The molecule has 0 fully saturated rings. The Morgan fingerprint density at radius 3 is 2.35 bits per heavy atom. The smallest absolute Gasteiger partial charge is 0.250 e. The molecular weight excluding hydrogens is 214 g/mol. The number of hydrogen-bond acceptors (Lipinski definition) is 3. The molecule has 0 radical (unpaired) electrons. The highest BCUT2D eigenvalue weighted by atomic mass is 16.1. The fraction of sp³-hybridized carbons (Fsp3) is 0.462. The maximum atomic E-state index is 11.2. The van der Waals surface area contributed by atoms with Gasteiger partial charge in [0, 0.05) is 24.5 Å². The van der Waals surface area contributed by atoms with E-state index in [0.29, 0.717) is 23.2 Å². The summed E-state index contributed by atoms with van der Waals surface area (Å²) in [6.45, 7) is 6.46. The highest BCUT2D eigenvalue weighted by Crippen LogP contribution is 2.23. The molecule has 0 aliphatic heterocycles. The van der Waals surface area contributed by atoms with Gasteiger partial charge in [0.15, 0.2) is 0 Å². The Kier molecular flexibility index (Phi) is 3.99. The Morgan fingerprint density at radius 1 is 1.29 bits per heavy atom. The van der Waals surface area contributed by atoms with Gasteiger partial charge in [0.2, 0.25) is 0 Å². The fourth-order valence-electron chi connectivity index (χ4n) is 1.66. The maximum absolute atomic E-state index is 11.2. The molecule has 0 bridgehead atoms. The molecule has 1 atom stereocenters. The van der Waals surface area contributed by atoms with Gasteiger partial charge < -0.3 is 16.4 Å². The summed E-state index contributed by atoms with van der Waals surface area (Å²) in [7, 11) is 2.00. The lowest BCUT2D eigenvalue weighted by molar-refractivity contribution is 0.100. The lowest BCUT2D eigenvalue weighted by Gasteiger charge is -2.30. The predicted octanol–water partition coefficient (Wildman–Crippen LogP) is 1.85. The lowest BCUT2D eigenvalue weighted by Crippen LogP contribution is -2.33. The van der Waals surface area contributed by atoms with Crippen molar-refractivity contribution in [1.82, 2.24) is 0 Å². The van der Waals surface area contributed by atoms with Crippen LogP contribution in [0.5, 0.6) is 0 Å². The third-order valence-electron chi connectivity index (χ3n) is 3.29. The van der Waals surface area contributed by atoms with Crippen molar-refractivity contribution in [3.63, 3.8) is 0 Å². The molecule has 1 amide bonds. The lowest BCUT2D eigenvalue weighted by atomic mass is 10.0. The molecule has 1 unspecified atom stereocenters. The van der Waals surface area contributed by atoms with Crippen LogP contribution in [0.15, 0.2) is 18.2 Å². The summed E-state index contributed by atoms with van der Waals surface area (Å²) in [5.41, 5.74) is 12.7. The number of hydrogen-bond donors (Lipinski definition) is 2. The normalized spacial score (nSPS) is 12.5. The highest BCUT2D eigenvalue weighted by molar-refractivity contribution is 5.99. The summed E-state index contributed by atoms with van der Waals surface area (Å²) in [6, 6.07) is 5.75. The Labute approximate surface area is 103 Å². The van der Waals surface area contributed by atoms with Crippen molar-refractivity contribution < 1.29 is 4.79 Å². The second kappa shape index (κ2) is 5.08. The van der Waals surface area contributed by atoms with E-state index in [0.717, 1.165) is 5.69 Å². The second-order valence-corrected chi connectivity index (χ2v) is 4.73. The van der Waals surface area contributed by atoms with E-state index in [9.17, 15) is 4.79 Å². The van der Waals surface area contributed by atoms with Crippen LogP contribution in [0.1, 0.15) is 31.1 Å². The molecule has 0 saturated carbocycles. The van der Waals surface area contributed by atoms with Crippen LogP contribution >= 0.6 is 0 Å². The quantitative estimate of drug-likeness (QED) is 0.782. The van der Waals surface area contributed by atoms with Crippen molar-refractivity contribution in [3.05, 3.63) is 23.8 Å². The standard InChI is InChI=1S/C13H21N3O/c1-8(2)9(3)16(4)10-5-6-12(14)11(7-10)13(15)17/h5-9H,14H2,1-4H3,(H2,15,17). The van der Waals surface area contributed by atoms with Gasteiger partial charge in [-0.3, -0.25) is 4.79 Å². The van der Waals surface area contributed by atoms with Crippen LogP contribution in [0.2, 0.25) is 0 Å². The van der Waals surface area contributed by atoms with Crippen molar-refractivity contribution in [3.8, 4) is 0 Å². The number of anilines is 2. The van der Waals surface area contributed by atoms with E-state index >= 15 is 0 Å². The van der Waals surface area contributed by atoms with E-state index in [4.69, 9.17) is 11.5 Å². The van der Waals surface area contributed by atoms with E-state index in [1.165, 1.54) is 0 Å². The summed E-state index contributed by atoms with van der Waals surface area (Å²) in [5.74, 6) is 0.0320. The number of nitrogens with zero attached hydrogens (tertiary/aromatic N) is 1. The average molecular weight is 235 g/mol. The van der Waals surface area contributed by atoms with Gasteiger partial charge in [-0.15, -0.1) is 0 Å². The van der Waals surface area contributed by atoms with Gasteiger partial charge in [-0.05, 0) is 31.0 Å². The van der Waals surface area contributed by atoms with Gasteiger partial charge in [0.1, 0.15) is 0 Å². The van der Waals surface area contributed by atoms with E-state index in [-0.39, 0.29) is 0 Å². The number of nitrogen functional groups attached to an aromatic ring is 1. The first kappa shape index (κ1) is 13.4. The third kappa shape index (κ3) is 2.90. The van der Waals surface area contributed by atoms with Gasteiger partial charge in [0.25, 0.3) is 5.91 Å². The van der Waals surface area contributed by atoms with E-state index in [1.54, 1.807) is 12.1 Å². The number of carbonyl (C=O) groups is 1. The van der Waals surface area contributed by atoms with Crippen LogP contribution in [-0.2, 0) is 0 Å². The van der Waals surface area contributed by atoms with E-state index in [2.05, 4.69) is 25.7 Å². The van der Waals surface area contributed by atoms with Crippen LogP contribution in [-0.4, -0.2) is 19.0 Å². The highest BCUT2D eigenvalue weighted by Gasteiger charge is 2.15. The predicted molar refractivity (Wildman–Crippen MR) is 72.1 cm³/mol. The second-order valence-electron chi connectivity index (χ2n) is 4.73. The minimum Gasteiger partial charge on any atom is -0.398 e. The molecule has 1 rings (SSSR count). The molecule has 1 aromatic carbocycles. The van der Waals surface area contributed by atoms with Crippen LogP contribution in [0.4, 0.5) is 11.4 Å². The number of primary amides is 1. The minimum absolute atomic E-state index is 0.374. The molecule has 0 aliphatic rings. The monoisotopic (exact) mass is 235 g/mol. The topological polar surface area (TPSA) is 72.3 Å². The molecule has 1 aromatic rings. The zero-order valence-electron chi connectivity index (χ0n) is 10.9. The number of nitrogens with two attached hydrogens (primary N) is 2. The zero-order chi connectivity index (χ0) is 13.2. The number of carbonyl (C=O) groups excluding carboxylic acids is 1. The molecule has 4 nitrogen and oxygen atoms in total. The molecular formula is C13H21N3O. The van der Waals surface area contributed by atoms with Crippen molar-refractivity contribution >= 4 is 17.3 Å². The van der Waals surface area contributed by atoms with Gasteiger partial charge >= 0.3 is 0 Å². The van der Waals surface area contributed by atoms with Crippen LogP contribution in [0.25, 0.3) is 0 Å². The molecule has 94 valence electrons. The maximum Gasteiger partial charge on any atom is 0.250 e. The Hall–Kier alpha value is -1.71. The van der Waals surface area contributed by atoms with Crippen LogP contribution in [0.3, 0.4) is 0 Å². The average Bonchev–Trinajstić information content (AvgIpc) is 2.27. The van der Waals surface area contributed by atoms with Gasteiger partial charge in [-0.1, -0.05) is 13.8 Å². The molecule has 0 heterocycles. The number of amides is 1. The van der Waals surface area contributed by atoms with Crippen molar-refractivity contribution in [2.45, 2.75) is 26.8 Å². The molecule has 17 heavy (non-hydrogen) atoms. The first-order valence-corrected chi connectivity index (χ1v) is 5.76. The summed E-state index contributed by atoms with van der Waals surface area (Å²) in [6.07, 6.45) is 0. The Bertz CT molecular complexity index is 415. The Morgan fingerprint density at radius 2 is 1.88 bits per heavy atom. The summed E-state index contributed by atoms with van der Waals surface area (Å²) < 4.78 is 0. The third-order valence-corrected chi connectivity index (χ3v) is 3.29. The molecule has 0 saturated heterocycles. The first-order chi connectivity index (χ1) is 7.84. The number of benzene rings is 1. The molecule has 4 N–H and O–H groups in total. The van der Waals surface area contributed by atoms with Crippen molar-refractivity contribution in [2.75, 3.05) is 17.7 Å². The fourth-order valence-corrected chi connectivity index (χ4v) is 1.66. The van der Waals surface area contributed by atoms with Gasteiger partial charge in [-0.2, -0.15) is 0 Å². The Balaban J connectivity index is 3.07. The van der Waals surface area contributed by atoms with E-state index < -0.39 is 5.91 Å². The SMILES string of the molecule is CC(C)C(C)N(C)c1ccc(N)c(C(N)=O)c1. The number of rotatable bonds is 4. The van der Waals surface area contributed by atoms with Crippen molar-refractivity contribution in [1.29, 1.82) is 0 Å². The van der Waals surface area contributed by atoms with Crippen LogP contribution < -0.4 is 16.4 Å². The molecule has 0 aromatic heterocycles. The van der Waals surface area contributed by atoms with Crippen molar-refractivity contribution in [2.24, 2.45) is 11.7 Å². The van der Waals surface area contributed by atoms with Gasteiger partial charge in [-0.25, -0.2) is 0 Å². The summed E-state index contributed by atoms with van der Waals surface area (Å²) in [5, 5.41) is 0. The van der Waals surface area contributed by atoms with E-state index in [1.807, 2.05) is 13.1 Å². The first-order valence-electron chi connectivity index (χ1n) is 5.76. The summed E-state index contributed by atoms with van der Waals surface area (Å²) in [4.78, 5) is 13.3.